The third-order valence-electron chi connectivity index (χ3n) is 4.59. The summed E-state index contributed by atoms with van der Waals surface area (Å²) < 4.78 is 14.8. The maximum Gasteiger partial charge on any atom is 0.280 e. The number of halogens is 1. The number of nitrogens with two attached hydrogens (primary N) is 1. The van der Waals surface area contributed by atoms with Gasteiger partial charge in [0.15, 0.2) is 11.5 Å². The molecule has 3 rings (SSSR count). The molecule has 0 saturated heterocycles. The summed E-state index contributed by atoms with van der Waals surface area (Å²) in [6, 6.07) is 9.90. The molecule has 0 bridgehead atoms. The van der Waals surface area contributed by atoms with E-state index in [0.717, 1.165) is 15.8 Å². The highest BCUT2D eigenvalue weighted by Crippen LogP contribution is 2.19. The Kier molecular flexibility index (Phi) is 5.58. The van der Waals surface area contributed by atoms with Crippen molar-refractivity contribution in [1.82, 2.24) is 15.0 Å². The first kappa shape index (κ1) is 20.0. The van der Waals surface area contributed by atoms with Crippen molar-refractivity contribution in [3.05, 3.63) is 64.6 Å². The van der Waals surface area contributed by atoms with Crippen molar-refractivity contribution in [2.45, 2.75) is 27.3 Å². The highest BCUT2D eigenvalue weighted by molar-refractivity contribution is 6.05. The number of benzene rings is 2. The summed E-state index contributed by atoms with van der Waals surface area (Å²) in [5, 5.41) is 12.8. The van der Waals surface area contributed by atoms with E-state index in [1.807, 2.05) is 26.0 Å². The van der Waals surface area contributed by atoms with Crippen LogP contribution in [-0.2, 0) is 11.3 Å². The summed E-state index contributed by atoms with van der Waals surface area (Å²) in [6.45, 7) is 5.27. The predicted molar refractivity (Wildman–Crippen MR) is 108 cm³/mol. The van der Waals surface area contributed by atoms with E-state index in [4.69, 9.17) is 5.73 Å². The summed E-state index contributed by atoms with van der Waals surface area (Å²) in [6.07, 6.45) is 0. The Morgan fingerprint density at radius 1 is 1.10 bits per heavy atom. The van der Waals surface area contributed by atoms with Gasteiger partial charge in [-0.15, -0.1) is 5.10 Å². The second kappa shape index (κ2) is 8.09. The lowest BCUT2D eigenvalue weighted by atomic mass is 10.1. The molecule has 0 fully saturated rings. The molecule has 0 radical (unpaired) electrons. The Labute approximate surface area is 166 Å². The standard InChI is InChI=1S/C20H21FN6O2/c1-11-5-4-6-16(13(11)3)24-17(28)10-27-19(22)18(25-26-27)20(29)23-14-8-7-12(2)15(21)9-14/h4-9H,10,22H2,1-3H3,(H,23,29)(H,24,28). The molecule has 9 heteroatoms. The Morgan fingerprint density at radius 3 is 2.59 bits per heavy atom. The number of aryl methyl sites for hydroxylation is 2. The molecule has 1 aromatic heterocycles. The Balaban J connectivity index is 1.69. The molecule has 1 heterocycles. The molecule has 4 N–H and O–H groups in total. The Hall–Kier alpha value is -3.75. The maximum atomic E-state index is 13.6. The molecule has 0 aliphatic carbocycles. The zero-order valence-corrected chi connectivity index (χ0v) is 16.3. The minimum atomic E-state index is -0.646. The van der Waals surface area contributed by atoms with Gasteiger partial charge in [-0.1, -0.05) is 23.4 Å². The molecule has 0 saturated carbocycles. The van der Waals surface area contributed by atoms with Crippen LogP contribution in [0.2, 0.25) is 0 Å². The molecule has 0 unspecified atom stereocenters. The largest absolute Gasteiger partial charge is 0.382 e. The number of nitrogens with zero attached hydrogens (tertiary/aromatic N) is 3. The fourth-order valence-electron chi connectivity index (χ4n) is 2.67. The molecule has 2 aromatic carbocycles. The number of hydrogen-bond donors (Lipinski definition) is 3. The van der Waals surface area contributed by atoms with Gasteiger partial charge in [0.2, 0.25) is 5.91 Å². The van der Waals surface area contributed by atoms with Crippen molar-refractivity contribution >= 4 is 29.0 Å². The summed E-state index contributed by atoms with van der Waals surface area (Å²) >= 11 is 0. The Bertz CT molecular complexity index is 1090. The zero-order valence-electron chi connectivity index (χ0n) is 16.3. The van der Waals surface area contributed by atoms with E-state index in [0.29, 0.717) is 11.3 Å². The van der Waals surface area contributed by atoms with Gasteiger partial charge in [-0.25, -0.2) is 9.07 Å². The van der Waals surface area contributed by atoms with Gasteiger partial charge in [0.1, 0.15) is 12.4 Å². The van der Waals surface area contributed by atoms with Gasteiger partial charge in [0.05, 0.1) is 0 Å². The number of amides is 2. The van der Waals surface area contributed by atoms with Crippen molar-refractivity contribution in [3.8, 4) is 0 Å². The van der Waals surface area contributed by atoms with Crippen molar-refractivity contribution in [2.75, 3.05) is 16.4 Å². The predicted octanol–water partition coefficient (Wildman–Crippen LogP) is 2.82. The zero-order chi connectivity index (χ0) is 21.1. The van der Waals surface area contributed by atoms with Crippen LogP contribution < -0.4 is 16.4 Å². The number of nitrogens with one attached hydrogen (secondary N) is 2. The summed E-state index contributed by atoms with van der Waals surface area (Å²) in [4.78, 5) is 24.7. The van der Waals surface area contributed by atoms with Crippen LogP contribution in [0.15, 0.2) is 36.4 Å². The lowest BCUT2D eigenvalue weighted by Crippen LogP contribution is -2.22. The lowest BCUT2D eigenvalue weighted by molar-refractivity contribution is -0.116. The first-order valence-corrected chi connectivity index (χ1v) is 8.88. The highest BCUT2D eigenvalue weighted by atomic mass is 19.1. The molecule has 29 heavy (non-hydrogen) atoms. The third-order valence-corrected chi connectivity index (χ3v) is 4.59. The molecule has 0 spiro atoms. The van der Waals surface area contributed by atoms with E-state index in [1.54, 1.807) is 25.1 Å². The average molecular weight is 396 g/mol. The van der Waals surface area contributed by atoms with Gasteiger partial charge in [-0.05, 0) is 55.7 Å². The van der Waals surface area contributed by atoms with Crippen LogP contribution in [-0.4, -0.2) is 26.8 Å². The third kappa shape index (κ3) is 4.40. The van der Waals surface area contributed by atoms with Gasteiger partial charge >= 0.3 is 0 Å². The lowest BCUT2D eigenvalue weighted by Gasteiger charge is -2.10. The fraction of sp³-hybridized carbons (Fsp3) is 0.200. The molecular formula is C20H21FN6O2. The molecule has 0 aliphatic heterocycles. The topological polar surface area (TPSA) is 115 Å². The fourth-order valence-corrected chi connectivity index (χ4v) is 2.67. The number of hydrogen-bond acceptors (Lipinski definition) is 5. The molecule has 0 atom stereocenters. The highest BCUT2D eigenvalue weighted by Gasteiger charge is 2.19. The molecule has 3 aromatic rings. The van der Waals surface area contributed by atoms with Crippen LogP contribution in [0.3, 0.4) is 0 Å². The van der Waals surface area contributed by atoms with Gasteiger partial charge in [-0.2, -0.15) is 0 Å². The van der Waals surface area contributed by atoms with Gasteiger partial charge in [0.25, 0.3) is 5.91 Å². The van der Waals surface area contributed by atoms with Crippen LogP contribution in [0.25, 0.3) is 0 Å². The van der Waals surface area contributed by atoms with E-state index in [1.165, 1.54) is 6.07 Å². The second-order valence-corrected chi connectivity index (χ2v) is 6.69. The van der Waals surface area contributed by atoms with Gasteiger partial charge < -0.3 is 16.4 Å². The molecular weight excluding hydrogens is 375 g/mol. The van der Waals surface area contributed by atoms with Crippen LogP contribution in [0.4, 0.5) is 21.6 Å². The normalized spacial score (nSPS) is 10.6. The van der Waals surface area contributed by atoms with E-state index in [-0.39, 0.29) is 29.7 Å². The summed E-state index contributed by atoms with van der Waals surface area (Å²) in [5.74, 6) is -1.51. The Morgan fingerprint density at radius 2 is 1.86 bits per heavy atom. The minimum absolute atomic E-state index is 0.0637. The molecule has 150 valence electrons. The summed E-state index contributed by atoms with van der Waals surface area (Å²) in [5.41, 5.74) is 9.20. The number of rotatable bonds is 5. The van der Waals surface area contributed by atoms with Crippen LogP contribution in [0.1, 0.15) is 27.2 Å². The number of aromatic nitrogens is 3. The quantitative estimate of drug-likeness (QED) is 0.613. The SMILES string of the molecule is Cc1ccc(NC(=O)c2nnn(CC(=O)Nc3cccc(C)c3C)c2N)cc1F. The number of carbonyl (C=O) groups is 2. The number of nitrogen functional groups attached to an aromatic ring is 1. The van der Waals surface area contributed by atoms with Crippen LogP contribution >= 0.6 is 0 Å². The average Bonchev–Trinajstić information content (AvgIpc) is 3.02. The number of carbonyl (C=O) groups excluding carboxylic acids is 2. The number of anilines is 3. The first-order chi connectivity index (χ1) is 13.8. The van der Waals surface area contributed by atoms with E-state index in [9.17, 15) is 14.0 Å². The van der Waals surface area contributed by atoms with Crippen molar-refractivity contribution in [1.29, 1.82) is 0 Å². The molecule has 0 aliphatic rings. The van der Waals surface area contributed by atoms with Crippen molar-refractivity contribution in [2.24, 2.45) is 0 Å². The van der Waals surface area contributed by atoms with Crippen LogP contribution in [0.5, 0.6) is 0 Å². The van der Waals surface area contributed by atoms with Gasteiger partial charge in [-0.3, -0.25) is 9.59 Å². The smallest absolute Gasteiger partial charge is 0.280 e. The van der Waals surface area contributed by atoms with E-state index in [2.05, 4.69) is 20.9 Å². The monoisotopic (exact) mass is 396 g/mol. The minimum Gasteiger partial charge on any atom is -0.382 e. The van der Waals surface area contributed by atoms with Gasteiger partial charge in [0, 0.05) is 11.4 Å². The van der Waals surface area contributed by atoms with E-state index >= 15 is 0 Å². The van der Waals surface area contributed by atoms with Crippen LogP contribution in [0, 0.1) is 26.6 Å². The summed E-state index contributed by atoms with van der Waals surface area (Å²) in [7, 11) is 0. The first-order valence-electron chi connectivity index (χ1n) is 8.88. The van der Waals surface area contributed by atoms with Crippen molar-refractivity contribution in [3.63, 3.8) is 0 Å². The molecule has 8 nitrogen and oxygen atoms in total. The van der Waals surface area contributed by atoms with E-state index < -0.39 is 11.7 Å². The van der Waals surface area contributed by atoms with Crippen molar-refractivity contribution < 1.29 is 14.0 Å². The maximum absolute atomic E-state index is 13.6. The second-order valence-electron chi connectivity index (χ2n) is 6.69. The molecule has 2 amide bonds.